The van der Waals surface area contributed by atoms with Crippen LogP contribution in [0.1, 0.15) is 75.3 Å². The predicted molar refractivity (Wildman–Crippen MR) is 183 cm³/mol. The van der Waals surface area contributed by atoms with Gasteiger partial charge in [-0.3, -0.25) is 14.4 Å². The number of ether oxygens (including phenoxy) is 1. The van der Waals surface area contributed by atoms with Crippen molar-refractivity contribution in [2.24, 2.45) is 35.5 Å². The molecule has 6 atom stereocenters. The van der Waals surface area contributed by atoms with Crippen LogP contribution in [0.15, 0.2) is 54.6 Å². The van der Waals surface area contributed by atoms with Crippen molar-refractivity contribution in [3.8, 4) is 5.75 Å². The van der Waals surface area contributed by atoms with Crippen molar-refractivity contribution >= 4 is 70.1 Å². The molecule has 19 heteroatoms. The van der Waals surface area contributed by atoms with Crippen LogP contribution in [0.5, 0.6) is 5.75 Å². The molecule has 3 aromatic rings. The van der Waals surface area contributed by atoms with Gasteiger partial charge in [-0.25, -0.2) is 0 Å². The molecule has 3 fully saturated rings. The molecule has 0 amide bonds. The molecule has 0 saturated heterocycles. The summed E-state index contributed by atoms with van der Waals surface area (Å²) in [6.07, 6.45) is -3.72. The number of rotatable bonds is 11. The first-order chi connectivity index (χ1) is 25.1. The first-order valence-electron chi connectivity index (χ1n) is 16.5. The van der Waals surface area contributed by atoms with E-state index < -0.39 is 76.0 Å². The van der Waals surface area contributed by atoms with E-state index in [-0.39, 0.29) is 118 Å². The number of carbonyl (C=O) groups is 6. The van der Waals surface area contributed by atoms with Crippen molar-refractivity contribution in [2.75, 3.05) is 0 Å². The number of hydrogen-bond acceptors (Lipinski definition) is 10. The fourth-order valence-electron chi connectivity index (χ4n) is 5.53. The maximum absolute atomic E-state index is 12.5. The Kier molecular flexibility index (Phi) is 21.0. The standard InChI is InChI=1S/C14H15ClO4.C12H8ClF3O3.C12H11ClO3.3Na/c1-7(2)19-12-4-3-8(5-11(12)15)13(16)9-6-10(9)14(17)18;13-9-3-5(1-2-8(9)12(14,15)16)10(17)6-4-7(6)11(18)19;1-6-2-3-7(4-10(6)13)11(14)8-5-9(8)12(15)16;;;/h3-5,7,9-10H,6H2,1-2H3,(H,17,18);1-3,6-7H,4H2,(H,18,19);2-4,8-9H,5H2,1H3,(H,15,16);;;/q;;;3*+1/p-3/t9-,10-;6-,7-;8-,9-;;;/m000.../s1. The molecule has 10 nitrogen and oxygen atoms in total. The fourth-order valence-corrected chi connectivity index (χ4v) is 6.22. The van der Waals surface area contributed by atoms with Gasteiger partial charge in [0, 0.05) is 75.1 Å². The summed E-state index contributed by atoms with van der Waals surface area (Å²) in [7, 11) is 0. The van der Waals surface area contributed by atoms with E-state index in [1.807, 2.05) is 20.8 Å². The Morgan fingerprint density at radius 3 is 1.25 bits per heavy atom. The van der Waals surface area contributed by atoms with Crippen LogP contribution in [0.2, 0.25) is 15.1 Å². The van der Waals surface area contributed by atoms with E-state index in [0.717, 1.165) is 17.7 Å². The van der Waals surface area contributed by atoms with Gasteiger partial charge in [0.2, 0.25) is 0 Å². The number of halogens is 6. The summed E-state index contributed by atoms with van der Waals surface area (Å²) in [4.78, 5) is 67.4. The first-order valence-corrected chi connectivity index (χ1v) is 17.6. The largest absolute Gasteiger partial charge is 1.00 e. The third kappa shape index (κ3) is 14.6. The van der Waals surface area contributed by atoms with Crippen molar-refractivity contribution < 1.29 is 151 Å². The van der Waals surface area contributed by atoms with E-state index >= 15 is 0 Å². The summed E-state index contributed by atoms with van der Waals surface area (Å²) in [5.41, 5.74) is 0.731. The third-order valence-corrected chi connectivity index (χ3v) is 9.90. The molecular weight excluding hydrogens is 849 g/mol. The Morgan fingerprint density at radius 1 is 0.596 bits per heavy atom. The van der Waals surface area contributed by atoms with E-state index in [0.29, 0.717) is 45.8 Å². The number of carboxylic acid groups (broad SMARTS) is 3. The van der Waals surface area contributed by atoms with E-state index in [9.17, 15) is 57.3 Å². The van der Waals surface area contributed by atoms with Crippen LogP contribution < -0.4 is 109 Å². The second-order valence-electron chi connectivity index (χ2n) is 13.4. The summed E-state index contributed by atoms with van der Waals surface area (Å²) in [5, 5.41) is 32.0. The molecule has 3 aromatic carbocycles. The van der Waals surface area contributed by atoms with Gasteiger partial charge in [0.05, 0.1) is 21.7 Å². The molecule has 0 heterocycles. The quantitative estimate of drug-likeness (QED) is 0.136. The van der Waals surface area contributed by atoms with E-state index in [4.69, 9.17) is 39.5 Å². The number of aliphatic carboxylic acids is 3. The van der Waals surface area contributed by atoms with Crippen molar-refractivity contribution in [1.29, 1.82) is 0 Å². The number of aryl methyl sites for hydroxylation is 1. The number of hydrogen-bond donors (Lipinski definition) is 0. The van der Waals surface area contributed by atoms with Crippen molar-refractivity contribution in [1.82, 2.24) is 0 Å². The number of alkyl halides is 3. The van der Waals surface area contributed by atoms with Crippen LogP contribution >= 0.6 is 34.8 Å². The minimum atomic E-state index is -4.59. The minimum absolute atomic E-state index is 0. The van der Waals surface area contributed by atoms with Crippen molar-refractivity contribution in [3.63, 3.8) is 0 Å². The molecule has 0 aliphatic heterocycles. The summed E-state index contributed by atoms with van der Waals surface area (Å²) >= 11 is 17.4. The number of benzene rings is 3. The second kappa shape index (κ2) is 22.4. The third-order valence-electron chi connectivity index (χ3n) is 8.88. The van der Waals surface area contributed by atoms with E-state index in [2.05, 4.69) is 0 Å². The zero-order valence-corrected chi connectivity index (χ0v) is 40.0. The van der Waals surface area contributed by atoms with Crippen LogP contribution in [-0.4, -0.2) is 41.4 Å². The maximum Gasteiger partial charge on any atom is 1.00 e. The van der Waals surface area contributed by atoms with Crippen molar-refractivity contribution in [3.05, 3.63) is 97.5 Å². The summed E-state index contributed by atoms with van der Waals surface area (Å²) in [6.45, 7) is 5.60. The summed E-state index contributed by atoms with van der Waals surface area (Å²) in [5.74, 6) is -7.75. The van der Waals surface area contributed by atoms with Crippen LogP contribution in [0.3, 0.4) is 0 Å². The monoisotopic (exact) mass is 878 g/mol. The number of carboxylic acids is 3. The molecule has 0 bridgehead atoms. The Hall–Kier alpha value is -1.46. The average Bonchev–Trinajstić information content (AvgIpc) is 3.95. The van der Waals surface area contributed by atoms with Gasteiger partial charge in [0.25, 0.3) is 0 Å². The van der Waals surface area contributed by atoms with Gasteiger partial charge in [-0.05, 0) is 82.0 Å². The van der Waals surface area contributed by atoms with Gasteiger partial charge in [0.1, 0.15) is 5.75 Å². The summed E-state index contributed by atoms with van der Waals surface area (Å²) in [6, 6.07) is 12.4. The fraction of sp³-hybridized carbons (Fsp3) is 0.368. The molecule has 288 valence electrons. The van der Waals surface area contributed by atoms with Crippen LogP contribution in [0, 0.1) is 42.4 Å². The number of Topliss-reactive ketones (excluding diaryl/α,β-unsaturated/α-hetero) is 3. The zero-order valence-electron chi connectivity index (χ0n) is 31.7. The Balaban J connectivity index is 0.000000418. The summed E-state index contributed by atoms with van der Waals surface area (Å²) < 4.78 is 42.9. The van der Waals surface area contributed by atoms with Gasteiger partial charge in [0.15, 0.2) is 17.3 Å². The topological polar surface area (TPSA) is 181 Å². The van der Waals surface area contributed by atoms with Gasteiger partial charge >= 0.3 is 94.8 Å². The Labute approximate surface area is 407 Å². The molecule has 0 aromatic heterocycles. The smallest absolute Gasteiger partial charge is 0.550 e. The molecular formula is C38H31Cl3F3Na3O10. The molecule has 0 N–H and O–H groups in total. The minimum Gasteiger partial charge on any atom is -0.550 e. The normalized spacial score (nSPS) is 20.9. The predicted octanol–water partition coefficient (Wildman–Crippen LogP) is -4.15. The molecule has 0 unspecified atom stereocenters. The zero-order chi connectivity index (χ0) is 40.4. The molecule has 3 aliphatic carbocycles. The average molecular weight is 880 g/mol. The Morgan fingerprint density at radius 2 is 0.947 bits per heavy atom. The van der Waals surface area contributed by atoms with Gasteiger partial charge in [-0.1, -0.05) is 53.0 Å². The molecule has 3 saturated carbocycles. The molecule has 0 radical (unpaired) electrons. The van der Waals surface area contributed by atoms with Gasteiger partial charge in [-0.2, -0.15) is 13.2 Å². The molecule has 57 heavy (non-hydrogen) atoms. The van der Waals surface area contributed by atoms with E-state index in [1.165, 1.54) is 6.07 Å². The van der Waals surface area contributed by atoms with Crippen molar-refractivity contribution in [2.45, 2.75) is 52.3 Å². The SMILES string of the molecule is CC(C)Oc1ccc(C(=O)[C@H]2C[C@@H]2C(=O)[O-])cc1Cl.Cc1ccc(C(=O)[C@H]2C[C@@H]2C(=O)[O-])cc1Cl.O=C([O-])[C@H]1C[C@@H]1C(=O)c1ccc(C(F)(F)F)c(Cl)c1.[Na+].[Na+].[Na+]. The Bertz CT molecular complexity index is 2010. The second-order valence-corrected chi connectivity index (χ2v) is 14.6. The van der Waals surface area contributed by atoms with Gasteiger partial charge < -0.3 is 34.4 Å². The first kappa shape index (κ1) is 53.6. The van der Waals surface area contributed by atoms with Crippen LogP contribution in [0.4, 0.5) is 13.2 Å². The number of carbonyl (C=O) groups excluding carboxylic acids is 6. The maximum atomic E-state index is 12.5. The molecule has 0 spiro atoms. The molecule has 3 aliphatic rings. The van der Waals surface area contributed by atoms with Crippen LogP contribution in [0.25, 0.3) is 0 Å². The molecule has 6 rings (SSSR count). The van der Waals surface area contributed by atoms with Crippen LogP contribution in [-0.2, 0) is 20.6 Å². The van der Waals surface area contributed by atoms with E-state index in [1.54, 1.807) is 30.3 Å². The van der Waals surface area contributed by atoms with Gasteiger partial charge in [-0.15, -0.1) is 0 Å². The number of ketones is 3.